The Labute approximate surface area is 137 Å². The van der Waals surface area contributed by atoms with Gasteiger partial charge in [0.25, 0.3) is 0 Å². The highest BCUT2D eigenvalue weighted by Crippen LogP contribution is 2.27. The van der Waals surface area contributed by atoms with E-state index in [-0.39, 0.29) is 11.3 Å². The van der Waals surface area contributed by atoms with Gasteiger partial charge in [0.2, 0.25) is 5.91 Å². The second-order valence-electron chi connectivity index (χ2n) is 5.46. The Kier molecular flexibility index (Phi) is 4.22. The van der Waals surface area contributed by atoms with Crippen LogP contribution < -0.4 is 5.32 Å². The third-order valence-electron chi connectivity index (χ3n) is 3.60. The predicted octanol–water partition coefficient (Wildman–Crippen LogP) is 3.77. The van der Waals surface area contributed by atoms with Crippen LogP contribution in [-0.2, 0) is 11.3 Å². The number of rotatable bonds is 5. The van der Waals surface area contributed by atoms with Crippen LogP contribution in [0.3, 0.4) is 0 Å². The second-order valence-corrected chi connectivity index (χ2v) is 7.03. The summed E-state index contributed by atoms with van der Waals surface area (Å²) in [7, 11) is 0. The maximum Gasteiger partial charge on any atom is 0.222 e. The summed E-state index contributed by atoms with van der Waals surface area (Å²) in [6.07, 6.45) is 2.67. The first-order valence-electron chi connectivity index (χ1n) is 7.13. The SMILES string of the molecule is CC(Cl)c1nc2cc(Br)ccc2n1CCC(=O)NC1CC1. The van der Waals surface area contributed by atoms with Crippen molar-refractivity contribution in [1.82, 2.24) is 14.9 Å². The van der Waals surface area contributed by atoms with Crippen LogP contribution in [0.4, 0.5) is 0 Å². The largest absolute Gasteiger partial charge is 0.353 e. The molecule has 1 N–H and O–H groups in total. The summed E-state index contributed by atoms with van der Waals surface area (Å²) in [5.74, 6) is 0.911. The van der Waals surface area contributed by atoms with Crippen LogP contribution in [0, 0.1) is 0 Å². The number of alkyl halides is 1. The molecule has 1 heterocycles. The lowest BCUT2D eigenvalue weighted by atomic mass is 10.3. The zero-order valence-corrected chi connectivity index (χ0v) is 14.1. The molecule has 1 aromatic carbocycles. The van der Waals surface area contributed by atoms with Crippen molar-refractivity contribution in [2.45, 2.75) is 44.1 Å². The molecule has 1 saturated carbocycles. The number of halogens is 2. The highest BCUT2D eigenvalue weighted by Gasteiger charge is 2.23. The number of amides is 1. The van der Waals surface area contributed by atoms with E-state index >= 15 is 0 Å². The monoisotopic (exact) mass is 369 g/mol. The van der Waals surface area contributed by atoms with Gasteiger partial charge in [-0.3, -0.25) is 4.79 Å². The molecule has 1 aliphatic carbocycles. The Balaban J connectivity index is 1.84. The maximum absolute atomic E-state index is 11.9. The number of benzene rings is 1. The standard InChI is InChI=1S/C15H17BrClN3O/c1-9(17)15-19-12-8-10(16)2-5-13(12)20(15)7-6-14(21)18-11-3-4-11/h2,5,8-9,11H,3-4,6-7H2,1H3,(H,18,21). The molecule has 0 spiro atoms. The average Bonchev–Trinajstić information content (AvgIpc) is 3.15. The molecular weight excluding hydrogens is 354 g/mol. The van der Waals surface area contributed by atoms with E-state index in [1.165, 1.54) is 0 Å². The van der Waals surface area contributed by atoms with Crippen molar-refractivity contribution in [3.05, 3.63) is 28.5 Å². The number of hydrogen-bond acceptors (Lipinski definition) is 2. The molecule has 4 nitrogen and oxygen atoms in total. The van der Waals surface area contributed by atoms with Gasteiger partial charge in [0, 0.05) is 23.5 Å². The van der Waals surface area contributed by atoms with Gasteiger partial charge in [-0.05, 0) is 38.0 Å². The van der Waals surface area contributed by atoms with Crippen LogP contribution in [0.5, 0.6) is 0 Å². The summed E-state index contributed by atoms with van der Waals surface area (Å²) in [6.45, 7) is 2.50. The first kappa shape index (κ1) is 14.9. The number of carbonyl (C=O) groups excluding carboxylic acids is 1. The molecule has 2 aromatic rings. The van der Waals surface area contributed by atoms with Gasteiger partial charge in [-0.15, -0.1) is 11.6 Å². The fourth-order valence-corrected chi connectivity index (χ4v) is 2.92. The number of aryl methyl sites for hydroxylation is 1. The van der Waals surface area contributed by atoms with Gasteiger partial charge < -0.3 is 9.88 Å². The molecular formula is C15H17BrClN3O. The van der Waals surface area contributed by atoms with E-state index < -0.39 is 0 Å². The van der Waals surface area contributed by atoms with Crippen LogP contribution in [0.15, 0.2) is 22.7 Å². The van der Waals surface area contributed by atoms with Gasteiger partial charge in [-0.1, -0.05) is 15.9 Å². The molecule has 0 radical (unpaired) electrons. The average molecular weight is 371 g/mol. The lowest BCUT2D eigenvalue weighted by molar-refractivity contribution is -0.121. The maximum atomic E-state index is 11.9. The van der Waals surface area contributed by atoms with Gasteiger partial charge in [0.1, 0.15) is 5.82 Å². The molecule has 1 atom stereocenters. The minimum atomic E-state index is -0.192. The summed E-state index contributed by atoms with van der Waals surface area (Å²) in [6, 6.07) is 6.36. The number of carbonyl (C=O) groups is 1. The summed E-state index contributed by atoms with van der Waals surface area (Å²) in [4.78, 5) is 16.5. The Morgan fingerprint density at radius 2 is 2.33 bits per heavy atom. The van der Waals surface area contributed by atoms with Gasteiger partial charge in [-0.2, -0.15) is 0 Å². The number of fused-ring (bicyclic) bond motifs is 1. The second kappa shape index (κ2) is 5.97. The topological polar surface area (TPSA) is 46.9 Å². The van der Waals surface area contributed by atoms with Crippen LogP contribution in [-0.4, -0.2) is 21.5 Å². The zero-order valence-electron chi connectivity index (χ0n) is 11.8. The minimum Gasteiger partial charge on any atom is -0.353 e. The van der Waals surface area contributed by atoms with Crippen LogP contribution in [0.2, 0.25) is 0 Å². The number of nitrogens with zero attached hydrogens (tertiary/aromatic N) is 2. The molecule has 112 valence electrons. The van der Waals surface area contributed by atoms with Crippen LogP contribution >= 0.6 is 27.5 Å². The molecule has 0 bridgehead atoms. The molecule has 21 heavy (non-hydrogen) atoms. The fraction of sp³-hybridized carbons (Fsp3) is 0.467. The number of aromatic nitrogens is 2. The zero-order chi connectivity index (χ0) is 15.0. The van der Waals surface area contributed by atoms with Crippen molar-refractivity contribution in [2.24, 2.45) is 0 Å². The van der Waals surface area contributed by atoms with E-state index in [9.17, 15) is 4.79 Å². The lowest BCUT2D eigenvalue weighted by Crippen LogP contribution is -2.26. The first-order chi connectivity index (χ1) is 10.0. The highest BCUT2D eigenvalue weighted by atomic mass is 79.9. The summed E-state index contributed by atoms with van der Waals surface area (Å²) < 4.78 is 3.03. The Morgan fingerprint density at radius 3 is 3.00 bits per heavy atom. The Bertz CT molecular complexity index is 679. The third-order valence-corrected chi connectivity index (χ3v) is 4.29. The van der Waals surface area contributed by atoms with Gasteiger partial charge in [0.15, 0.2) is 0 Å². The van der Waals surface area contributed by atoms with Crippen molar-refractivity contribution < 1.29 is 4.79 Å². The van der Waals surface area contributed by atoms with Crippen molar-refractivity contribution in [1.29, 1.82) is 0 Å². The first-order valence-corrected chi connectivity index (χ1v) is 8.36. The van der Waals surface area contributed by atoms with Crippen molar-refractivity contribution in [3.63, 3.8) is 0 Å². The molecule has 0 saturated heterocycles. The van der Waals surface area contributed by atoms with Crippen molar-refractivity contribution >= 4 is 44.5 Å². The molecule has 1 aromatic heterocycles. The summed E-state index contributed by atoms with van der Waals surface area (Å²) in [5, 5.41) is 2.82. The predicted molar refractivity (Wildman–Crippen MR) is 87.5 cm³/mol. The van der Waals surface area contributed by atoms with Gasteiger partial charge in [-0.25, -0.2) is 4.98 Å². The number of hydrogen-bond donors (Lipinski definition) is 1. The number of imidazole rings is 1. The van der Waals surface area contributed by atoms with Crippen LogP contribution in [0.25, 0.3) is 11.0 Å². The van der Waals surface area contributed by atoms with Crippen molar-refractivity contribution in [3.8, 4) is 0 Å². The van der Waals surface area contributed by atoms with Crippen molar-refractivity contribution in [2.75, 3.05) is 0 Å². The molecule has 1 aliphatic rings. The van der Waals surface area contributed by atoms with Crippen LogP contribution in [0.1, 0.15) is 37.4 Å². The molecule has 3 rings (SSSR count). The number of nitrogens with one attached hydrogen (secondary N) is 1. The smallest absolute Gasteiger partial charge is 0.222 e. The molecule has 0 aliphatic heterocycles. The molecule has 1 fully saturated rings. The molecule has 1 amide bonds. The molecule has 1 unspecified atom stereocenters. The van der Waals surface area contributed by atoms with Gasteiger partial charge >= 0.3 is 0 Å². The normalized spacial score (nSPS) is 16.1. The van der Waals surface area contributed by atoms with E-state index in [4.69, 9.17) is 11.6 Å². The Hall–Kier alpha value is -1.07. The quantitative estimate of drug-likeness (QED) is 0.814. The molecule has 6 heteroatoms. The van der Waals surface area contributed by atoms with E-state index in [2.05, 4.69) is 26.2 Å². The highest BCUT2D eigenvalue weighted by molar-refractivity contribution is 9.10. The lowest BCUT2D eigenvalue weighted by Gasteiger charge is -2.10. The van der Waals surface area contributed by atoms with E-state index in [0.29, 0.717) is 19.0 Å². The fourth-order valence-electron chi connectivity index (χ4n) is 2.40. The summed E-state index contributed by atoms with van der Waals surface area (Å²) in [5.41, 5.74) is 1.91. The van der Waals surface area contributed by atoms with E-state index in [0.717, 1.165) is 34.2 Å². The minimum absolute atomic E-state index is 0.102. The Morgan fingerprint density at radius 1 is 1.57 bits per heavy atom. The van der Waals surface area contributed by atoms with E-state index in [1.54, 1.807) is 0 Å². The summed E-state index contributed by atoms with van der Waals surface area (Å²) >= 11 is 9.69. The van der Waals surface area contributed by atoms with E-state index in [1.807, 2.05) is 29.7 Å². The van der Waals surface area contributed by atoms with Gasteiger partial charge in [0.05, 0.1) is 16.4 Å². The third kappa shape index (κ3) is 3.40.